The molecule has 320 valence electrons. The Balaban J connectivity index is 1.22. The lowest BCUT2D eigenvalue weighted by molar-refractivity contribution is -0.214. The van der Waals surface area contributed by atoms with E-state index < -0.39 is 34.6 Å². The molecular weight excluding hydrogens is 725 g/mol. The van der Waals surface area contributed by atoms with Crippen LogP contribution in [0.4, 0.5) is 9.59 Å². The zero-order valence-corrected chi connectivity index (χ0v) is 37.0. The van der Waals surface area contributed by atoms with Gasteiger partial charge in [0.2, 0.25) is 0 Å². The molecule has 0 spiro atoms. The van der Waals surface area contributed by atoms with Crippen molar-refractivity contribution in [2.75, 3.05) is 13.1 Å². The maximum atomic E-state index is 14.1. The van der Waals surface area contributed by atoms with E-state index in [4.69, 9.17) is 14.2 Å². The number of ketones is 1. The van der Waals surface area contributed by atoms with Crippen molar-refractivity contribution >= 4 is 29.9 Å². The molecule has 1 aliphatic heterocycles. The second-order valence-corrected chi connectivity index (χ2v) is 22.2. The highest BCUT2D eigenvalue weighted by atomic mass is 16.6. The molecule has 11 nitrogen and oxygen atoms in total. The number of nitrogens with zero attached hydrogens (tertiary/aromatic N) is 1. The topological polar surface area (TPSA) is 149 Å². The van der Waals surface area contributed by atoms with Gasteiger partial charge in [-0.1, -0.05) is 54.0 Å². The molecule has 1 saturated heterocycles. The van der Waals surface area contributed by atoms with Crippen molar-refractivity contribution in [3.8, 4) is 0 Å². The zero-order chi connectivity index (χ0) is 42.3. The van der Waals surface area contributed by atoms with Crippen molar-refractivity contribution in [1.82, 2.24) is 10.2 Å². The Labute approximate surface area is 341 Å². The van der Waals surface area contributed by atoms with Crippen LogP contribution in [0.25, 0.3) is 0 Å². The van der Waals surface area contributed by atoms with Crippen molar-refractivity contribution < 1.29 is 43.3 Å². The molecule has 0 bridgehead atoms. The summed E-state index contributed by atoms with van der Waals surface area (Å²) in [7, 11) is 0. The Kier molecular flexibility index (Phi) is 11.1. The summed E-state index contributed by atoms with van der Waals surface area (Å²) in [6.45, 7) is 25.8. The lowest BCUT2D eigenvalue weighted by Crippen LogP contribution is -2.65. The SMILES string of the molecule is CC(C)C1C(=O)C[C@]2(NC(=O)OC3CCN(C(=O)OC(C)(C)C)CC3)CC[C@]3(C)C(=C12)CCC1[C@@]2(C)CC[C@H](OC(=O)CC(C)(C)C(=O)O)C(C)(C)C2CC[C@]13C. The molecule has 2 amide bonds. The van der Waals surface area contributed by atoms with E-state index in [1.165, 1.54) is 5.57 Å². The molecule has 1 heterocycles. The Bertz CT molecular complexity index is 1680. The van der Waals surface area contributed by atoms with E-state index in [0.29, 0.717) is 44.2 Å². The summed E-state index contributed by atoms with van der Waals surface area (Å²) in [5, 5.41) is 13.0. The Hall–Kier alpha value is -3.11. The monoisotopic (exact) mass is 797 g/mol. The number of carboxylic acid groups (broad SMARTS) is 1. The number of allylic oxidation sites excluding steroid dienone is 1. The number of Topliss-reactive ketones (excluding diaryl/α,β-unsaturated/α-hetero) is 1. The Morgan fingerprint density at radius 1 is 0.860 bits per heavy atom. The predicted molar refractivity (Wildman–Crippen MR) is 216 cm³/mol. The van der Waals surface area contributed by atoms with Crippen LogP contribution in [-0.2, 0) is 28.6 Å². The molecule has 0 aromatic heterocycles. The summed E-state index contributed by atoms with van der Waals surface area (Å²) in [5.41, 5.74) is -0.456. The van der Waals surface area contributed by atoms with Crippen molar-refractivity contribution in [2.24, 2.45) is 50.7 Å². The molecule has 2 N–H and O–H groups in total. The number of carbonyl (C=O) groups is 5. The van der Waals surface area contributed by atoms with Crippen LogP contribution in [0.1, 0.15) is 160 Å². The summed E-state index contributed by atoms with van der Waals surface area (Å²) < 4.78 is 17.8. The van der Waals surface area contributed by atoms with Gasteiger partial charge in [0.05, 0.1) is 17.4 Å². The van der Waals surface area contributed by atoms with E-state index in [9.17, 15) is 29.1 Å². The minimum absolute atomic E-state index is 0.0115. The predicted octanol–water partition coefficient (Wildman–Crippen LogP) is 9.26. The number of hydrogen-bond donors (Lipinski definition) is 2. The highest BCUT2D eigenvalue weighted by Gasteiger charge is 2.69. The molecule has 0 radical (unpaired) electrons. The molecule has 0 aromatic carbocycles. The Morgan fingerprint density at radius 2 is 1.51 bits per heavy atom. The number of rotatable bonds is 7. The van der Waals surface area contributed by atoms with Crippen LogP contribution in [0.3, 0.4) is 0 Å². The lowest BCUT2D eigenvalue weighted by atomic mass is 9.34. The van der Waals surface area contributed by atoms with E-state index in [-0.39, 0.29) is 70.4 Å². The molecule has 11 heteroatoms. The third kappa shape index (κ3) is 7.42. The molecule has 0 aromatic rings. The molecule has 5 aliphatic carbocycles. The van der Waals surface area contributed by atoms with Gasteiger partial charge in [-0.2, -0.15) is 0 Å². The van der Waals surface area contributed by atoms with E-state index in [2.05, 4.69) is 53.8 Å². The maximum absolute atomic E-state index is 14.1. The largest absolute Gasteiger partial charge is 0.481 e. The highest BCUT2D eigenvalue weighted by Crippen LogP contribution is 2.75. The number of aliphatic carboxylic acids is 1. The minimum atomic E-state index is -1.19. The smallest absolute Gasteiger partial charge is 0.410 e. The number of amides is 2. The van der Waals surface area contributed by atoms with Gasteiger partial charge in [-0.25, -0.2) is 9.59 Å². The summed E-state index contributed by atoms with van der Waals surface area (Å²) in [6.07, 6.45) is 6.89. The van der Waals surface area contributed by atoms with Crippen LogP contribution in [0.5, 0.6) is 0 Å². The first kappa shape index (κ1) is 43.5. The zero-order valence-electron chi connectivity index (χ0n) is 37.0. The van der Waals surface area contributed by atoms with Gasteiger partial charge in [0.25, 0.3) is 0 Å². The number of esters is 1. The van der Waals surface area contributed by atoms with Gasteiger partial charge in [-0.15, -0.1) is 0 Å². The van der Waals surface area contributed by atoms with Crippen LogP contribution in [0, 0.1) is 50.7 Å². The molecule has 6 rings (SSSR count). The van der Waals surface area contributed by atoms with Crippen LogP contribution in [-0.4, -0.2) is 76.4 Å². The van der Waals surface area contributed by atoms with Crippen LogP contribution < -0.4 is 5.32 Å². The molecule has 6 aliphatic rings. The molecule has 57 heavy (non-hydrogen) atoms. The number of alkyl carbamates (subject to hydrolysis) is 1. The number of carboxylic acids is 1. The summed E-state index contributed by atoms with van der Waals surface area (Å²) >= 11 is 0. The third-order valence-electron chi connectivity index (χ3n) is 16.4. The lowest BCUT2D eigenvalue weighted by Gasteiger charge is -2.70. The van der Waals surface area contributed by atoms with Crippen LogP contribution in [0.2, 0.25) is 0 Å². The van der Waals surface area contributed by atoms with Crippen LogP contribution >= 0.6 is 0 Å². The van der Waals surface area contributed by atoms with Crippen molar-refractivity contribution in [1.29, 1.82) is 0 Å². The fourth-order valence-corrected chi connectivity index (χ4v) is 13.3. The Morgan fingerprint density at radius 3 is 2.11 bits per heavy atom. The van der Waals surface area contributed by atoms with Gasteiger partial charge < -0.3 is 29.5 Å². The summed E-state index contributed by atoms with van der Waals surface area (Å²) in [6, 6.07) is 0. The second-order valence-electron chi connectivity index (χ2n) is 22.2. The fourth-order valence-electron chi connectivity index (χ4n) is 13.3. The number of carbonyl (C=O) groups excluding carboxylic acids is 4. The maximum Gasteiger partial charge on any atom is 0.410 e. The summed E-state index contributed by atoms with van der Waals surface area (Å²) in [4.78, 5) is 67.1. The standard InChI is InChI=1S/C46H72N2O9/c1-27(2)35-30(49)25-46(47-38(53)55-28-17-23-48(24-18-28)39(54)57-40(3,4)5)22-21-44(11)29(36(35)46)13-14-32-43(10)19-16-33(56-34(50)26-41(6,7)37(51)52)42(8,9)31(43)15-20-45(32,44)12/h27-28,31-33,35H,13-26H2,1-12H3,(H,47,53)(H,51,52)/t31?,32?,33-,35?,43-,44+,45+,46+/m0/s1. The molecule has 4 saturated carbocycles. The number of ether oxygens (including phenoxy) is 3. The van der Waals surface area contributed by atoms with Gasteiger partial charge in [-0.05, 0) is 126 Å². The molecule has 8 atom stereocenters. The van der Waals surface area contributed by atoms with Crippen molar-refractivity contribution in [3.05, 3.63) is 11.1 Å². The second kappa shape index (κ2) is 14.6. The molecule has 3 unspecified atom stereocenters. The third-order valence-corrected chi connectivity index (χ3v) is 16.4. The normalized spacial score (nSPS) is 36.7. The van der Waals surface area contributed by atoms with Crippen LogP contribution in [0.15, 0.2) is 11.1 Å². The van der Waals surface area contributed by atoms with Gasteiger partial charge >= 0.3 is 24.1 Å². The van der Waals surface area contributed by atoms with Crippen molar-refractivity contribution in [2.45, 2.75) is 183 Å². The van der Waals surface area contributed by atoms with Gasteiger partial charge in [0, 0.05) is 43.7 Å². The average molecular weight is 797 g/mol. The van der Waals surface area contributed by atoms with Gasteiger partial charge in [0.1, 0.15) is 23.6 Å². The molecular formula is C46H72N2O9. The number of fused-ring (bicyclic) bond motifs is 6. The number of hydrogen-bond acceptors (Lipinski definition) is 8. The fraction of sp³-hybridized carbons (Fsp3) is 0.848. The van der Waals surface area contributed by atoms with Gasteiger partial charge in [0.15, 0.2) is 0 Å². The van der Waals surface area contributed by atoms with Gasteiger partial charge in [-0.3, -0.25) is 14.4 Å². The summed E-state index contributed by atoms with van der Waals surface area (Å²) in [5.74, 6) is -0.654. The van der Waals surface area contributed by atoms with Crippen molar-refractivity contribution in [3.63, 3.8) is 0 Å². The first-order valence-electron chi connectivity index (χ1n) is 21.9. The van der Waals surface area contributed by atoms with E-state index in [1.54, 1.807) is 18.7 Å². The average Bonchev–Trinajstić information content (AvgIpc) is 3.37. The minimum Gasteiger partial charge on any atom is -0.481 e. The van der Waals surface area contributed by atoms with E-state index >= 15 is 0 Å². The first-order valence-corrected chi connectivity index (χ1v) is 21.9. The number of piperidine rings is 1. The molecule has 5 fully saturated rings. The highest BCUT2D eigenvalue weighted by molar-refractivity contribution is 5.92. The van der Waals surface area contributed by atoms with E-state index in [0.717, 1.165) is 50.5 Å². The first-order chi connectivity index (χ1) is 26.2. The van der Waals surface area contributed by atoms with E-state index in [1.807, 2.05) is 20.8 Å². The number of likely N-dealkylation sites (tertiary alicyclic amines) is 1. The quantitative estimate of drug-likeness (QED) is 0.146. The number of nitrogens with one attached hydrogen (secondary N) is 1.